The van der Waals surface area contributed by atoms with Gasteiger partial charge in [-0.15, -0.1) is 0 Å². The quantitative estimate of drug-likeness (QED) is 0.760. The summed E-state index contributed by atoms with van der Waals surface area (Å²) in [5.41, 5.74) is -0.539. The van der Waals surface area contributed by atoms with Gasteiger partial charge >= 0.3 is 0 Å². The molecule has 0 amide bonds. The molecule has 2 N–H and O–H groups in total. The van der Waals surface area contributed by atoms with Crippen molar-refractivity contribution in [1.82, 2.24) is 10.2 Å². The predicted molar refractivity (Wildman–Crippen MR) is 66.5 cm³/mol. The molecule has 2 aliphatic heterocycles. The number of nitrogens with zero attached hydrogens (tertiary/aromatic N) is 1. The molecule has 2 heterocycles. The number of hydrogen-bond donors (Lipinski definition) is 2. The Morgan fingerprint density at radius 1 is 1.31 bits per heavy atom. The van der Waals surface area contributed by atoms with Gasteiger partial charge < -0.3 is 15.3 Å². The van der Waals surface area contributed by atoms with Gasteiger partial charge in [0.15, 0.2) is 0 Å². The van der Waals surface area contributed by atoms with E-state index in [2.05, 4.69) is 17.3 Å². The molecule has 0 aliphatic carbocycles. The van der Waals surface area contributed by atoms with Crippen molar-refractivity contribution in [3.05, 3.63) is 0 Å². The first-order chi connectivity index (χ1) is 7.52. The Bertz CT molecular complexity index is 228. The summed E-state index contributed by atoms with van der Waals surface area (Å²) in [6.07, 6.45) is 6.06. The van der Waals surface area contributed by atoms with Crippen LogP contribution in [0.25, 0.3) is 0 Å². The van der Waals surface area contributed by atoms with Crippen molar-refractivity contribution in [1.29, 1.82) is 0 Å². The monoisotopic (exact) mass is 226 g/mol. The van der Waals surface area contributed by atoms with Gasteiger partial charge in [0, 0.05) is 24.7 Å². The average molecular weight is 226 g/mol. The van der Waals surface area contributed by atoms with E-state index in [1.54, 1.807) is 0 Å². The normalized spacial score (nSPS) is 38.6. The van der Waals surface area contributed by atoms with Crippen molar-refractivity contribution in [2.45, 2.75) is 69.7 Å². The van der Waals surface area contributed by atoms with E-state index in [-0.39, 0.29) is 0 Å². The summed E-state index contributed by atoms with van der Waals surface area (Å²) in [4.78, 5) is 2.55. The zero-order valence-corrected chi connectivity index (χ0v) is 10.9. The molecule has 3 heteroatoms. The van der Waals surface area contributed by atoms with E-state index in [9.17, 15) is 5.11 Å². The lowest BCUT2D eigenvalue weighted by Gasteiger charge is -2.38. The van der Waals surface area contributed by atoms with E-state index in [4.69, 9.17) is 0 Å². The lowest BCUT2D eigenvalue weighted by atomic mass is 9.96. The van der Waals surface area contributed by atoms with E-state index in [1.807, 2.05) is 13.8 Å². The van der Waals surface area contributed by atoms with Crippen molar-refractivity contribution in [2.24, 2.45) is 0 Å². The van der Waals surface area contributed by atoms with Gasteiger partial charge in [0.05, 0.1) is 5.60 Å². The van der Waals surface area contributed by atoms with Gasteiger partial charge in [0.1, 0.15) is 0 Å². The molecule has 2 rings (SSSR count). The molecular formula is C13H26N2O. The van der Waals surface area contributed by atoms with E-state index < -0.39 is 5.60 Å². The van der Waals surface area contributed by atoms with Crippen molar-refractivity contribution in [3.63, 3.8) is 0 Å². The van der Waals surface area contributed by atoms with Gasteiger partial charge in [-0.25, -0.2) is 0 Å². The molecule has 0 radical (unpaired) electrons. The van der Waals surface area contributed by atoms with Crippen LogP contribution in [0.3, 0.4) is 0 Å². The number of piperidine rings is 1. The van der Waals surface area contributed by atoms with Crippen molar-refractivity contribution in [2.75, 3.05) is 13.6 Å². The molecule has 0 aromatic rings. The minimum atomic E-state index is -0.539. The number of nitrogens with one attached hydrogen (secondary N) is 1. The van der Waals surface area contributed by atoms with Crippen molar-refractivity contribution >= 4 is 0 Å². The van der Waals surface area contributed by atoms with Crippen LogP contribution in [0.5, 0.6) is 0 Å². The van der Waals surface area contributed by atoms with Gasteiger partial charge in [-0.2, -0.15) is 0 Å². The summed E-state index contributed by atoms with van der Waals surface area (Å²) in [5, 5.41) is 13.5. The maximum absolute atomic E-state index is 9.98. The number of fused-ring (bicyclic) bond motifs is 2. The van der Waals surface area contributed by atoms with Gasteiger partial charge in [0.2, 0.25) is 0 Å². The summed E-state index contributed by atoms with van der Waals surface area (Å²) < 4.78 is 0. The molecule has 16 heavy (non-hydrogen) atoms. The van der Waals surface area contributed by atoms with E-state index in [0.717, 1.165) is 25.0 Å². The van der Waals surface area contributed by atoms with Crippen LogP contribution in [0.15, 0.2) is 0 Å². The molecule has 94 valence electrons. The largest absolute Gasteiger partial charge is 0.389 e. The zero-order valence-electron chi connectivity index (χ0n) is 10.9. The summed E-state index contributed by atoms with van der Waals surface area (Å²) >= 11 is 0. The van der Waals surface area contributed by atoms with Crippen LogP contribution < -0.4 is 5.32 Å². The summed E-state index contributed by atoms with van der Waals surface area (Å²) in [6, 6.07) is 2.18. The van der Waals surface area contributed by atoms with Crippen LogP contribution >= 0.6 is 0 Å². The second-order valence-corrected chi connectivity index (χ2v) is 5.95. The van der Waals surface area contributed by atoms with E-state index >= 15 is 0 Å². The second-order valence-electron chi connectivity index (χ2n) is 5.95. The fourth-order valence-corrected chi connectivity index (χ4v) is 3.07. The number of aliphatic hydroxyl groups is 1. The van der Waals surface area contributed by atoms with Gasteiger partial charge in [-0.1, -0.05) is 6.92 Å². The Labute approximate surface area is 99.2 Å². The number of hydrogen-bond acceptors (Lipinski definition) is 3. The van der Waals surface area contributed by atoms with Crippen molar-refractivity contribution < 1.29 is 5.11 Å². The highest BCUT2D eigenvalue weighted by Crippen LogP contribution is 2.34. The third kappa shape index (κ3) is 2.58. The van der Waals surface area contributed by atoms with Crippen LogP contribution in [-0.2, 0) is 0 Å². The highest BCUT2D eigenvalue weighted by Gasteiger charge is 2.38. The fraction of sp³-hybridized carbons (Fsp3) is 1.00. The van der Waals surface area contributed by atoms with E-state index in [1.165, 1.54) is 25.7 Å². The molecule has 2 fully saturated rings. The smallest absolute Gasteiger partial charge is 0.0741 e. The topological polar surface area (TPSA) is 35.5 Å². The summed E-state index contributed by atoms with van der Waals surface area (Å²) in [6.45, 7) is 4.70. The minimum Gasteiger partial charge on any atom is -0.389 e. The highest BCUT2D eigenvalue weighted by atomic mass is 16.3. The maximum Gasteiger partial charge on any atom is 0.0741 e. The van der Waals surface area contributed by atoms with Crippen LogP contribution in [0.4, 0.5) is 0 Å². The molecule has 0 saturated carbocycles. The van der Waals surface area contributed by atoms with Crippen LogP contribution in [0.1, 0.15) is 46.0 Å². The van der Waals surface area contributed by atoms with Gasteiger partial charge in [0.25, 0.3) is 0 Å². The first-order valence-electron chi connectivity index (χ1n) is 6.69. The molecular weight excluding hydrogens is 200 g/mol. The van der Waals surface area contributed by atoms with Crippen molar-refractivity contribution in [3.8, 4) is 0 Å². The molecule has 3 nitrogen and oxygen atoms in total. The summed E-state index contributed by atoms with van der Waals surface area (Å²) in [5.74, 6) is 0. The molecule has 3 atom stereocenters. The Hall–Kier alpha value is -0.120. The van der Waals surface area contributed by atoms with Gasteiger partial charge in [-0.3, -0.25) is 0 Å². The van der Waals surface area contributed by atoms with Crippen LogP contribution in [0, 0.1) is 0 Å². The fourth-order valence-electron chi connectivity index (χ4n) is 3.07. The molecule has 2 bridgehead atoms. The minimum absolute atomic E-state index is 0.539. The molecule has 0 aromatic heterocycles. The number of rotatable bonds is 4. The lowest BCUT2D eigenvalue weighted by Crippen LogP contribution is -2.50. The predicted octanol–water partition coefficient (Wildman–Crippen LogP) is 1.36. The SMILES string of the molecule is CCC(C)(O)CNC1CC2CCC(C1)N2C. The van der Waals surface area contributed by atoms with Crippen LogP contribution in [0.2, 0.25) is 0 Å². The lowest BCUT2D eigenvalue weighted by molar-refractivity contribution is 0.0464. The first-order valence-corrected chi connectivity index (χ1v) is 6.69. The molecule has 0 spiro atoms. The first kappa shape index (κ1) is 12.3. The third-order valence-corrected chi connectivity index (χ3v) is 4.63. The zero-order chi connectivity index (χ0) is 11.8. The summed E-state index contributed by atoms with van der Waals surface area (Å²) in [7, 11) is 2.26. The molecule has 2 saturated heterocycles. The standard InChI is InChI=1S/C13H26N2O/c1-4-13(2,16)9-14-10-7-11-5-6-12(8-10)15(11)3/h10-12,14,16H,4-9H2,1-3H3. The second kappa shape index (κ2) is 4.63. The van der Waals surface area contributed by atoms with Gasteiger partial charge in [-0.05, 0) is 46.1 Å². The maximum atomic E-state index is 9.98. The Morgan fingerprint density at radius 2 is 1.88 bits per heavy atom. The molecule has 2 aliphatic rings. The highest BCUT2D eigenvalue weighted by molar-refractivity contribution is 4.96. The average Bonchev–Trinajstić information content (AvgIpc) is 2.51. The third-order valence-electron chi connectivity index (χ3n) is 4.63. The van der Waals surface area contributed by atoms with E-state index in [0.29, 0.717) is 6.04 Å². The molecule has 3 unspecified atom stereocenters. The van der Waals surface area contributed by atoms with Crippen LogP contribution in [-0.4, -0.2) is 47.3 Å². The Kier molecular flexibility index (Phi) is 3.57. The Balaban J connectivity index is 1.81. The molecule has 0 aromatic carbocycles. The Morgan fingerprint density at radius 3 is 2.38 bits per heavy atom.